The molecule has 142 valence electrons. The Morgan fingerprint density at radius 1 is 1.04 bits per heavy atom. The number of likely N-dealkylation sites (tertiary alicyclic amines) is 1. The lowest BCUT2D eigenvalue weighted by Crippen LogP contribution is -2.50. The average Bonchev–Trinajstić information content (AvgIpc) is 2.61. The quantitative estimate of drug-likeness (QED) is 0.741. The van der Waals surface area contributed by atoms with Crippen molar-refractivity contribution >= 4 is 21.7 Å². The van der Waals surface area contributed by atoms with E-state index in [9.17, 15) is 18.0 Å². The van der Waals surface area contributed by atoms with Crippen molar-refractivity contribution < 1.29 is 18.0 Å². The number of hydrogen-bond acceptors (Lipinski definition) is 4. The molecule has 2 aliphatic heterocycles. The molecule has 0 bridgehead atoms. The van der Waals surface area contributed by atoms with Crippen LogP contribution in [0.15, 0.2) is 0 Å². The molecule has 25 heavy (non-hydrogen) atoms. The fourth-order valence-electron chi connectivity index (χ4n) is 4.66. The molecule has 0 radical (unpaired) electrons. The second-order valence-electron chi connectivity index (χ2n) is 7.74. The SMILES string of the molecule is O=C1CCCN(C(=O)CCCS(=O)(=O)N2CCCC3CCCCC32)C1. The normalized spacial score (nSPS) is 28.6. The standard InChI is InChI=1S/C18H30N2O4S/c21-16-8-4-11-19(14-16)18(22)10-5-13-25(23,24)20-12-3-7-15-6-1-2-9-17(15)20/h15,17H,1-14H2. The minimum Gasteiger partial charge on any atom is -0.335 e. The molecule has 1 aliphatic carbocycles. The summed E-state index contributed by atoms with van der Waals surface area (Å²) in [5.41, 5.74) is 0. The largest absolute Gasteiger partial charge is 0.335 e. The Labute approximate surface area is 151 Å². The minimum atomic E-state index is -3.30. The summed E-state index contributed by atoms with van der Waals surface area (Å²) in [4.78, 5) is 25.2. The Kier molecular flexibility index (Phi) is 6.15. The number of Topliss-reactive ketones (excluding diaryl/α,β-unsaturated/α-hetero) is 1. The Bertz CT molecular complexity index is 602. The third-order valence-electron chi connectivity index (χ3n) is 5.95. The van der Waals surface area contributed by atoms with E-state index in [1.807, 2.05) is 0 Å². The van der Waals surface area contributed by atoms with Gasteiger partial charge in [-0.2, -0.15) is 4.31 Å². The lowest BCUT2D eigenvalue weighted by molar-refractivity contribution is -0.137. The van der Waals surface area contributed by atoms with Crippen molar-refractivity contribution in [1.82, 2.24) is 9.21 Å². The van der Waals surface area contributed by atoms with E-state index in [1.54, 1.807) is 9.21 Å². The molecule has 3 rings (SSSR count). The predicted molar refractivity (Wildman–Crippen MR) is 95.5 cm³/mol. The molecule has 1 saturated carbocycles. The summed E-state index contributed by atoms with van der Waals surface area (Å²) in [6.07, 6.45) is 8.42. The minimum absolute atomic E-state index is 0.0454. The van der Waals surface area contributed by atoms with Crippen molar-refractivity contribution in [1.29, 1.82) is 0 Å². The molecule has 2 atom stereocenters. The smallest absolute Gasteiger partial charge is 0.222 e. The van der Waals surface area contributed by atoms with Crippen LogP contribution in [0.3, 0.4) is 0 Å². The van der Waals surface area contributed by atoms with Crippen molar-refractivity contribution in [2.24, 2.45) is 5.92 Å². The number of sulfonamides is 1. The summed E-state index contributed by atoms with van der Waals surface area (Å²) in [5.74, 6) is 0.587. The molecule has 2 heterocycles. The first-order chi connectivity index (χ1) is 12.0. The van der Waals surface area contributed by atoms with Gasteiger partial charge in [0.2, 0.25) is 15.9 Å². The molecule has 2 unspecified atom stereocenters. The highest BCUT2D eigenvalue weighted by Crippen LogP contribution is 2.36. The second-order valence-corrected chi connectivity index (χ2v) is 9.78. The Morgan fingerprint density at radius 3 is 2.60 bits per heavy atom. The van der Waals surface area contributed by atoms with Crippen molar-refractivity contribution in [3.63, 3.8) is 0 Å². The van der Waals surface area contributed by atoms with E-state index in [2.05, 4.69) is 0 Å². The highest BCUT2D eigenvalue weighted by molar-refractivity contribution is 7.89. The van der Waals surface area contributed by atoms with Gasteiger partial charge in [-0.1, -0.05) is 12.8 Å². The lowest BCUT2D eigenvalue weighted by Gasteiger charge is -2.43. The Hall–Kier alpha value is -0.950. The third kappa shape index (κ3) is 4.61. The van der Waals surface area contributed by atoms with Crippen LogP contribution in [0.4, 0.5) is 0 Å². The third-order valence-corrected chi connectivity index (χ3v) is 7.92. The number of piperidine rings is 2. The zero-order chi connectivity index (χ0) is 17.9. The number of fused-ring (bicyclic) bond motifs is 1. The summed E-state index contributed by atoms with van der Waals surface area (Å²) < 4.78 is 27.3. The van der Waals surface area contributed by atoms with Gasteiger partial charge in [0, 0.05) is 32.0 Å². The first-order valence-electron chi connectivity index (χ1n) is 9.76. The molecule has 0 aromatic heterocycles. The molecule has 7 heteroatoms. The summed E-state index contributed by atoms with van der Waals surface area (Å²) in [7, 11) is -3.30. The van der Waals surface area contributed by atoms with Crippen LogP contribution in [0.25, 0.3) is 0 Å². The number of nitrogens with zero attached hydrogens (tertiary/aromatic N) is 2. The van der Waals surface area contributed by atoms with Crippen molar-refractivity contribution in [3.05, 3.63) is 0 Å². The molecule has 0 aromatic rings. The van der Waals surface area contributed by atoms with Crippen LogP contribution < -0.4 is 0 Å². The van der Waals surface area contributed by atoms with E-state index in [-0.39, 0.29) is 36.5 Å². The number of ketones is 1. The van der Waals surface area contributed by atoms with Gasteiger partial charge in [0.25, 0.3) is 0 Å². The Balaban J connectivity index is 1.51. The van der Waals surface area contributed by atoms with E-state index in [1.165, 1.54) is 6.42 Å². The number of carbonyl (C=O) groups is 2. The summed E-state index contributed by atoms with van der Waals surface area (Å²) >= 11 is 0. The van der Waals surface area contributed by atoms with Crippen LogP contribution in [0.2, 0.25) is 0 Å². The van der Waals surface area contributed by atoms with E-state index in [0.29, 0.717) is 31.8 Å². The van der Waals surface area contributed by atoms with Crippen LogP contribution >= 0.6 is 0 Å². The van der Waals surface area contributed by atoms with Gasteiger partial charge in [0.15, 0.2) is 5.78 Å². The molecular formula is C18H30N2O4S. The first-order valence-corrected chi connectivity index (χ1v) is 11.4. The maximum absolute atomic E-state index is 12.8. The summed E-state index contributed by atoms with van der Waals surface area (Å²) in [5, 5.41) is 0. The monoisotopic (exact) mass is 370 g/mol. The molecule has 0 N–H and O–H groups in total. The van der Waals surface area contributed by atoms with Gasteiger partial charge >= 0.3 is 0 Å². The fourth-order valence-corrected chi connectivity index (χ4v) is 6.50. The number of amides is 1. The molecular weight excluding hydrogens is 340 g/mol. The second kappa shape index (κ2) is 8.16. The van der Waals surface area contributed by atoms with Gasteiger partial charge in [-0.3, -0.25) is 9.59 Å². The molecule has 1 amide bonds. The fraction of sp³-hybridized carbons (Fsp3) is 0.889. The molecule has 2 saturated heterocycles. The number of hydrogen-bond donors (Lipinski definition) is 0. The molecule has 3 aliphatic rings. The maximum Gasteiger partial charge on any atom is 0.222 e. The van der Waals surface area contributed by atoms with E-state index >= 15 is 0 Å². The molecule has 3 fully saturated rings. The maximum atomic E-state index is 12.8. The number of rotatable bonds is 5. The zero-order valence-electron chi connectivity index (χ0n) is 15.0. The summed E-state index contributed by atoms with van der Waals surface area (Å²) in [6.45, 7) is 1.45. The molecule has 0 aromatic carbocycles. The van der Waals surface area contributed by atoms with Gasteiger partial charge in [-0.05, 0) is 44.4 Å². The first kappa shape index (κ1) is 18.8. The van der Waals surface area contributed by atoms with E-state index in [0.717, 1.165) is 38.5 Å². The van der Waals surface area contributed by atoms with Crippen LogP contribution in [-0.4, -0.2) is 60.7 Å². The molecule has 6 nitrogen and oxygen atoms in total. The molecule has 0 spiro atoms. The van der Waals surface area contributed by atoms with Crippen LogP contribution in [-0.2, 0) is 19.6 Å². The van der Waals surface area contributed by atoms with Crippen LogP contribution in [0.1, 0.15) is 64.2 Å². The van der Waals surface area contributed by atoms with E-state index in [4.69, 9.17) is 0 Å². The van der Waals surface area contributed by atoms with Crippen molar-refractivity contribution in [3.8, 4) is 0 Å². The lowest BCUT2D eigenvalue weighted by atomic mass is 9.79. The highest BCUT2D eigenvalue weighted by Gasteiger charge is 2.39. The van der Waals surface area contributed by atoms with Gasteiger partial charge in [-0.15, -0.1) is 0 Å². The van der Waals surface area contributed by atoms with Gasteiger partial charge in [0.05, 0.1) is 12.3 Å². The number of carbonyl (C=O) groups excluding carboxylic acids is 2. The van der Waals surface area contributed by atoms with Crippen molar-refractivity contribution in [2.45, 2.75) is 70.3 Å². The Morgan fingerprint density at radius 2 is 1.80 bits per heavy atom. The zero-order valence-corrected chi connectivity index (χ0v) is 15.8. The van der Waals surface area contributed by atoms with Gasteiger partial charge < -0.3 is 4.90 Å². The van der Waals surface area contributed by atoms with Crippen LogP contribution in [0.5, 0.6) is 0 Å². The van der Waals surface area contributed by atoms with E-state index < -0.39 is 10.0 Å². The van der Waals surface area contributed by atoms with Gasteiger partial charge in [-0.25, -0.2) is 8.42 Å². The topological polar surface area (TPSA) is 74.8 Å². The summed E-state index contributed by atoms with van der Waals surface area (Å²) in [6, 6.07) is 0.183. The average molecular weight is 371 g/mol. The van der Waals surface area contributed by atoms with Crippen molar-refractivity contribution in [2.75, 3.05) is 25.4 Å². The highest BCUT2D eigenvalue weighted by atomic mass is 32.2. The van der Waals surface area contributed by atoms with Crippen LogP contribution in [0, 0.1) is 5.92 Å². The predicted octanol–water partition coefficient (Wildman–Crippen LogP) is 1.94. The van der Waals surface area contributed by atoms with Gasteiger partial charge in [0.1, 0.15) is 0 Å².